The third-order valence-corrected chi connectivity index (χ3v) is 6.09. The molecule has 5 heteroatoms. The first-order valence-corrected chi connectivity index (χ1v) is 8.18. The molecule has 1 rings (SSSR count). The van der Waals surface area contributed by atoms with Crippen molar-refractivity contribution in [1.29, 1.82) is 0 Å². The highest BCUT2D eigenvalue weighted by atomic mass is 28.4. The average molecular weight is 261 g/mol. The van der Waals surface area contributed by atoms with Crippen LogP contribution in [-0.4, -0.2) is 54.2 Å². The summed E-state index contributed by atoms with van der Waals surface area (Å²) in [5, 5.41) is 0. The fraction of sp³-hybridized carbons (Fsp3) is 1.00. The lowest BCUT2D eigenvalue weighted by molar-refractivity contribution is -0.0472. The number of rotatable bonds is 5. The smallest absolute Gasteiger partial charge is 0.374 e. The van der Waals surface area contributed by atoms with Crippen LogP contribution in [0.5, 0.6) is 0 Å². The summed E-state index contributed by atoms with van der Waals surface area (Å²) >= 11 is 0. The minimum Gasteiger partial charge on any atom is -0.374 e. The molecule has 0 amide bonds. The van der Waals surface area contributed by atoms with E-state index in [4.69, 9.17) is 13.3 Å². The quantitative estimate of drug-likeness (QED) is 0.708. The molecule has 0 saturated carbocycles. The molecule has 0 aromatic rings. The van der Waals surface area contributed by atoms with Crippen molar-refractivity contribution in [2.24, 2.45) is 5.41 Å². The minimum absolute atomic E-state index is 0.103. The molecule has 17 heavy (non-hydrogen) atoms. The summed E-state index contributed by atoms with van der Waals surface area (Å²) in [6.45, 7) is 11.6. The van der Waals surface area contributed by atoms with Gasteiger partial charge in [0.25, 0.3) is 0 Å². The Labute approximate surface area is 107 Å². The first-order valence-electron chi connectivity index (χ1n) is 6.38. The highest BCUT2D eigenvalue weighted by molar-refractivity contribution is 6.62. The van der Waals surface area contributed by atoms with Crippen molar-refractivity contribution in [1.82, 2.24) is 4.90 Å². The van der Waals surface area contributed by atoms with Crippen LogP contribution in [0.25, 0.3) is 0 Å². The van der Waals surface area contributed by atoms with E-state index in [1.165, 1.54) is 0 Å². The van der Waals surface area contributed by atoms with Crippen molar-refractivity contribution >= 4 is 8.80 Å². The fourth-order valence-corrected chi connectivity index (χ4v) is 5.32. The molecule has 1 unspecified atom stereocenters. The second-order valence-electron chi connectivity index (χ2n) is 5.94. The van der Waals surface area contributed by atoms with Crippen molar-refractivity contribution in [3.63, 3.8) is 0 Å². The Kier molecular flexibility index (Phi) is 5.16. The SMILES string of the molecule is CCO[Si]1(C(C)CN(C)C)OCC(C)(C)CO1. The number of hydrogen-bond acceptors (Lipinski definition) is 4. The van der Waals surface area contributed by atoms with Crippen LogP contribution in [0, 0.1) is 5.41 Å². The second-order valence-corrected chi connectivity index (χ2v) is 9.00. The summed E-state index contributed by atoms with van der Waals surface area (Å²) in [5.41, 5.74) is 0.416. The molecular weight excluding hydrogens is 234 g/mol. The molecule has 0 aromatic carbocycles. The zero-order valence-electron chi connectivity index (χ0n) is 12.1. The van der Waals surface area contributed by atoms with Crippen LogP contribution in [0.2, 0.25) is 5.54 Å². The topological polar surface area (TPSA) is 30.9 Å². The molecule has 0 aromatic heterocycles. The van der Waals surface area contributed by atoms with Crippen LogP contribution in [0.3, 0.4) is 0 Å². The van der Waals surface area contributed by atoms with Gasteiger partial charge in [-0.3, -0.25) is 0 Å². The van der Waals surface area contributed by atoms with Gasteiger partial charge in [0.2, 0.25) is 0 Å². The van der Waals surface area contributed by atoms with E-state index in [2.05, 4.69) is 39.8 Å². The van der Waals surface area contributed by atoms with E-state index >= 15 is 0 Å². The molecule has 4 nitrogen and oxygen atoms in total. The lowest BCUT2D eigenvalue weighted by Gasteiger charge is -2.43. The van der Waals surface area contributed by atoms with E-state index in [0.717, 1.165) is 19.8 Å². The molecule has 0 N–H and O–H groups in total. The molecule has 1 fully saturated rings. The Bertz CT molecular complexity index is 236. The van der Waals surface area contributed by atoms with Gasteiger partial charge in [0.05, 0.1) is 0 Å². The van der Waals surface area contributed by atoms with Gasteiger partial charge in [0, 0.05) is 37.3 Å². The third-order valence-electron chi connectivity index (χ3n) is 2.92. The molecule has 0 radical (unpaired) electrons. The molecule has 1 aliphatic heterocycles. The predicted octanol–water partition coefficient (Wildman–Crippen LogP) is 1.99. The predicted molar refractivity (Wildman–Crippen MR) is 71.0 cm³/mol. The van der Waals surface area contributed by atoms with Gasteiger partial charge in [-0.15, -0.1) is 0 Å². The molecule has 0 spiro atoms. The first-order chi connectivity index (χ1) is 7.81. The molecule has 1 heterocycles. The Hall–Kier alpha value is 0.0569. The van der Waals surface area contributed by atoms with Gasteiger partial charge in [-0.25, -0.2) is 0 Å². The average Bonchev–Trinajstić information content (AvgIpc) is 2.21. The van der Waals surface area contributed by atoms with E-state index in [-0.39, 0.29) is 5.41 Å². The van der Waals surface area contributed by atoms with E-state index in [1.54, 1.807) is 0 Å². The van der Waals surface area contributed by atoms with E-state index in [9.17, 15) is 0 Å². The van der Waals surface area contributed by atoms with Crippen molar-refractivity contribution in [3.05, 3.63) is 0 Å². The van der Waals surface area contributed by atoms with Gasteiger partial charge in [0.1, 0.15) is 0 Å². The number of hydrogen-bond donors (Lipinski definition) is 0. The summed E-state index contributed by atoms with van der Waals surface area (Å²) < 4.78 is 18.0. The van der Waals surface area contributed by atoms with Crippen LogP contribution in [0.1, 0.15) is 27.7 Å². The molecular formula is C12H27NO3Si. The summed E-state index contributed by atoms with van der Waals surface area (Å²) in [6, 6.07) is 0. The monoisotopic (exact) mass is 261 g/mol. The van der Waals surface area contributed by atoms with Crippen molar-refractivity contribution in [3.8, 4) is 0 Å². The van der Waals surface area contributed by atoms with Crippen molar-refractivity contribution in [2.75, 3.05) is 40.5 Å². The maximum atomic E-state index is 6.05. The van der Waals surface area contributed by atoms with Crippen LogP contribution in [0.15, 0.2) is 0 Å². The van der Waals surface area contributed by atoms with Gasteiger partial charge < -0.3 is 18.2 Å². The molecule has 1 saturated heterocycles. The second kappa shape index (κ2) is 5.80. The maximum absolute atomic E-state index is 6.05. The minimum atomic E-state index is -2.48. The standard InChI is InChI=1S/C12H27NO3Si/c1-7-14-17(11(2)8-13(5)6)15-9-12(3,4)10-16-17/h11H,7-10H2,1-6H3. The molecule has 0 bridgehead atoms. The zero-order chi connectivity index (χ0) is 13.1. The van der Waals surface area contributed by atoms with Gasteiger partial charge in [-0.2, -0.15) is 0 Å². The summed E-state index contributed by atoms with van der Waals surface area (Å²) in [4.78, 5) is 2.16. The van der Waals surface area contributed by atoms with Gasteiger partial charge in [-0.1, -0.05) is 20.8 Å². The van der Waals surface area contributed by atoms with Crippen LogP contribution in [0.4, 0.5) is 0 Å². The lowest BCUT2D eigenvalue weighted by Crippen LogP contribution is -2.58. The van der Waals surface area contributed by atoms with Crippen molar-refractivity contribution in [2.45, 2.75) is 33.2 Å². The normalized spacial score (nSPS) is 24.9. The van der Waals surface area contributed by atoms with Gasteiger partial charge in [0.15, 0.2) is 0 Å². The van der Waals surface area contributed by atoms with E-state index < -0.39 is 8.80 Å². The summed E-state index contributed by atoms with van der Waals surface area (Å²) in [5.74, 6) is 0. The Morgan fingerprint density at radius 3 is 2.24 bits per heavy atom. The lowest BCUT2D eigenvalue weighted by atomic mass is 9.97. The molecule has 0 aliphatic carbocycles. The highest BCUT2D eigenvalue weighted by Crippen LogP contribution is 2.34. The zero-order valence-corrected chi connectivity index (χ0v) is 13.1. The number of nitrogens with zero attached hydrogens (tertiary/aromatic N) is 1. The molecule has 102 valence electrons. The van der Waals surface area contributed by atoms with Crippen LogP contribution < -0.4 is 0 Å². The summed E-state index contributed by atoms with van der Waals surface area (Å²) in [6.07, 6.45) is 0. The third kappa shape index (κ3) is 4.03. The van der Waals surface area contributed by atoms with E-state index in [0.29, 0.717) is 12.1 Å². The van der Waals surface area contributed by atoms with E-state index in [1.807, 2.05) is 6.92 Å². The van der Waals surface area contributed by atoms with Crippen LogP contribution in [-0.2, 0) is 13.3 Å². The molecule has 1 aliphatic rings. The highest BCUT2D eigenvalue weighted by Gasteiger charge is 2.51. The molecule has 1 atom stereocenters. The Morgan fingerprint density at radius 1 is 1.29 bits per heavy atom. The Morgan fingerprint density at radius 2 is 1.82 bits per heavy atom. The van der Waals surface area contributed by atoms with Gasteiger partial charge in [-0.05, 0) is 21.0 Å². The summed E-state index contributed by atoms with van der Waals surface area (Å²) in [7, 11) is 1.65. The Balaban J connectivity index is 2.70. The largest absolute Gasteiger partial charge is 0.505 e. The fourth-order valence-electron chi connectivity index (χ4n) is 2.05. The van der Waals surface area contributed by atoms with Crippen molar-refractivity contribution < 1.29 is 13.3 Å². The maximum Gasteiger partial charge on any atom is 0.505 e. The van der Waals surface area contributed by atoms with Gasteiger partial charge >= 0.3 is 8.80 Å². The van der Waals surface area contributed by atoms with Crippen LogP contribution >= 0.6 is 0 Å². The first kappa shape index (κ1) is 15.1.